The number of aryl methyl sites for hydroxylation is 1. The molecule has 0 bridgehead atoms. The number of nitrogens with zero attached hydrogens (tertiary/aromatic N) is 4. The fourth-order valence-corrected chi connectivity index (χ4v) is 3.05. The van der Waals surface area contributed by atoms with Gasteiger partial charge in [-0.05, 0) is 32.3 Å². The first-order chi connectivity index (χ1) is 12.8. The predicted molar refractivity (Wildman–Crippen MR) is 89.0 cm³/mol. The molecule has 3 aromatic rings. The van der Waals surface area contributed by atoms with Crippen LogP contribution in [0.3, 0.4) is 0 Å². The van der Waals surface area contributed by atoms with Crippen LogP contribution >= 0.6 is 0 Å². The average Bonchev–Trinajstić information content (AvgIpc) is 3.08. The lowest BCUT2D eigenvalue weighted by atomic mass is 9.93. The Labute approximate surface area is 151 Å². The van der Waals surface area contributed by atoms with Crippen molar-refractivity contribution in [1.82, 2.24) is 19.7 Å². The van der Waals surface area contributed by atoms with E-state index in [-0.39, 0.29) is 29.8 Å². The molecule has 0 spiro atoms. The van der Waals surface area contributed by atoms with Gasteiger partial charge in [-0.25, -0.2) is 9.97 Å². The Morgan fingerprint density at radius 2 is 2.15 bits per heavy atom. The highest BCUT2D eigenvalue weighted by atomic mass is 19.4. The summed E-state index contributed by atoms with van der Waals surface area (Å²) in [7, 11) is 0. The first-order valence-electron chi connectivity index (χ1n) is 8.48. The van der Waals surface area contributed by atoms with Crippen molar-refractivity contribution >= 4 is 23.0 Å². The number of nitrogens with one attached hydrogen (secondary N) is 1. The van der Waals surface area contributed by atoms with Crippen molar-refractivity contribution in [3.63, 3.8) is 0 Å². The van der Waals surface area contributed by atoms with Crippen LogP contribution in [0.5, 0.6) is 0 Å². The van der Waals surface area contributed by atoms with Crippen LogP contribution in [0.2, 0.25) is 0 Å². The van der Waals surface area contributed by atoms with E-state index in [4.69, 9.17) is 4.52 Å². The van der Waals surface area contributed by atoms with Crippen molar-refractivity contribution in [2.75, 3.05) is 5.32 Å². The number of imidazole rings is 1. The highest BCUT2D eigenvalue weighted by Gasteiger charge is 2.33. The second-order valence-electron chi connectivity index (χ2n) is 6.61. The Kier molecular flexibility index (Phi) is 4.12. The molecule has 1 amide bonds. The molecule has 1 saturated carbocycles. The van der Waals surface area contributed by atoms with E-state index in [2.05, 4.69) is 20.4 Å². The van der Waals surface area contributed by atoms with E-state index in [1.165, 1.54) is 0 Å². The number of amides is 1. The number of carbonyl (C=O) groups excluding carboxylic acids is 1. The third kappa shape index (κ3) is 3.38. The van der Waals surface area contributed by atoms with Crippen molar-refractivity contribution in [2.45, 2.75) is 44.8 Å². The Hall–Kier alpha value is -2.91. The summed E-state index contributed by atoms with van der Waals surface area (Å²) in [5, 5.41) is 6.44. The Morgan fingerprint density at radius 1 is 1.37 bits per heavy atom. The molecule has 0 aromatic carbocycles. The van der Waals surface area contributed by atoms with Gasteiger partial charge in [-0.3, -0.25) is 14.7 Å². The van der Waals surface area contributed by atoms with Crippen LogP contribution in [0.4, 0.5) is 19.1 Å². The highest BCUT2D eigenvalue weighted by Crippen LogP contribution is 2.38. The second-order valence-corrected chi connectivity index (χ2v) is 6.61. The average molecular weight is 379 g/mol. The van der Waals surface area contributed by atoms with Gasteiger partial charge in [0.05, 0.1) is 17.7 Å². The zero-order valence-electron chi connectivity index (χ0n) is 14.4. The van der Waals surface area contributed by atoms with Gasteiger partial charge in [0, 0.05) is 18.3 Å². The number of halogens is 3. The van der Waals surface area contributed by atoms with Crippen LogP contribution < -0.4 is 5.32 Å². The van der Waals surface area contributed by atoms with Crippen molar-refractivity contribution in [2.24, 2.45) is 0 Å². The molecule has 142 valence electrons. The smallest absolute Gasteiger partial charge is 0.361 e. The molecule has 0 saturated heterocycles. The maximum atomic E-state index is 13.0. The Bertz CT molecular complexity index is 1000. The first kappa shape index (κ1) is 17.5. The van der Waals surface area contributed by atoms with Gasteiger partial charge >= 0.3 is 6.18 Å². The van der Waals surface area contributed by atoms with Gasteiger partial charge in [0.2, 0.25) is 11.9 Å². The fraction of sp³-hybridized carbons (Fsp3) is 0.412. The zero-order chi connectivity index (χ0) is 19.2. The lowest BCUT2D eigenvalue weighted by molar-refractivity contribution is -0.137. The third-order valence-electron chi connectivity index (χ3n) is 4.57. The van der Waals surface area contributed by atoms with E-state index < -0.39 is 11.7 Å². The van der Waals surface area contributed by atoms with Crippen molar-refractivity contribution in [3.05, 3.63) is 35.3 Å². The van der Waals surface area contributed by atoms with E-state index in [9.17, 15) is 18.0 Å². The quantitative estimate of drug-likeness (QED) is 0.748. The number of aromatic nitrogens is 4. The number of alkyl halides is 3. The van der Waals surface area contributed by atoms with Gasteiger partial charge in [-0.2, -0.15) is 13.2 Å². The summed E-state index contributed by atoms with van der Waals surface area (Å²) in [5.74, 6) is 0.408. The predicted octanol–water partition coefficient (Wildman–Crippen LogP) is 3.65. The van der Waals surface area contributed by atoms with E-state index in [0.29, 0.717) is 17.1 Å². The molecule has 1 aliphatic carbocycles. The maximum Gasteiger partial charge on any atom is 0.417 e. The monoisotopic (exact) mass is 379 g/mol. The normalized spacial score (nSPS) is 15.1. The van der Waals surface area contributed by atoms with Crippen LogP contribution in [-0.2, 0) is 17.4 Å². The molecule has 27 heavy (non-hydrogen) atoms. The summed E-state index contributed by atoms with van der Waals surface area (Å²) in [6, 6.07) is 2.66. The number of hydrogen-bond donors (Lipinski definition) is 1. The molecule has 0 aliphatic heterocycles. The van der Waals surface area contributed by atoms with E-state index >= 15 is 0 Å². The van der Waals surface area contributed by atoms with Gasteiger partial charge < -0.3 is 4.52 Å². The maximum absolute atomic E-state index is 13.0. The van der Waals surface area contributed by atoms with Crippen LogP contribution in [-0.4, -0.2) is 25.6 Å². The zero-order valence-corrected chi connectivity index (χ0v) is 14.4. The summed E-state index contributed by atoms with van der Waals surface area (Å²) < 4.78 is 45.5. The van der Waals surface area contributed by atoms with Gasteiger partial charge in [0.25, 0.3) is 0 Å². The van der Waals surface area contributed by atoms with Crippen LogP contribution in [0.1, 0.15) is 42.3 Å². The van der Waals surface area contributed by atoms with Gasteiger partial charge in [-0.1, -0.05) is 5.16 Å². The summed E-state index contributed by atoms with van der Waals surface area (Å²) in [6.07, 6.45) is -0.999. The number of anilines is 1. The highest BCUT2D eigenvalue weighted by molar-refractivity contribution is 5.92. The van der Waals surface area contributed by atoms with Crippen molar-refractivity contribution in [1.29, 1.82) is 0 Å². The SMILES string of the molecule is Cc1cc(CC(=O)Nc2nc3cc(C(F)(F)F)cnc3n2C2CCC2)no1. The first-order valence-corrected chi connectivity index (χ1v) is 8.48. The lowest BCUT2D eigenvalue weighted by Gasteiger charge is -2.28. The summed E-state index contributed by atoms with van der Waals surface area (Å²) in [5.41, 5.74) is 0.0302. The molecule has 1 aliphatic rings. The Morgan fingerprint density at radius 3 is 2.74 bits per heavy atom. The number of pyridine rings is 1. The molecular weight excluding hydrogens is 363 g/mol. The van der Waals surface area contributed by atoms with Gasteiger partial charge in [0.15, 0.2) is 5.65 Å². The van der Waals surface area contributed by atoms with E-state index in [1.807, 2.05) is 0 Å². The van der Waals surface area contributed by atoms with E-state index in [0.717, 1.165) is 31.5 Å². The number of carbonyl (C=O) groups is 1. The summed E-state index contributed by atoms with van der Waals surface area (Å²) in [4.78, 5) is 20.5. The minimum absolute atomic E-state index is 0.0214. The Balaban J connectivity index is 1.66. The summed E-state index contributed by atoms with van der Waals surface area (Å²) in [6.45, 7) is 1.72. The van der Waals surface area contributed by atoms with Crippen molar-refractivity contribution < 1.29 is 22.5 Å². The summed E-state index contributed by atoms with van der Waals surface area (Å²) >= 11 is 0. The molecule has 10 heteroatoms. The number of hydrogen-bond acceptors (Lipinski definition) is 5. The molecule has 1 N–H and O–H groups in total. The minimum Gasteiger partial charge on any atom is -0.361 e. The van der Waals surface area contributed by atoms with Gasteiger partial charge in [0.1, 0.15) is 11.3 Å². The van der Waals surface area contributed by atoms with Crippen LogP contribution in [0.15, 0.2) is 22.9 Å². The number of fused-ring (bicyclic) bond motifs is 1. The lowest BCUT2D eigenvalue weighted by Crippen LogP contribution is -2.23. The third-order valence-corrected chi connectivity index (χ3v) is 4.57. The van der Waals surface area contributed by atoms with Crippen LogP contribution in [0.25, 0.3) is 11.2 Å². The molecule has 1 fully saturated rings. The second kappa shape index (κ2) is 6.36. The van der Waals surface area contributed by atoms with Crippen LogP contribution in [0, 0.1) is 6.92 Å². The topological polar surface area (TPSA) is 85.8 Å². The molecule has 3 heterocycles. The fourth-order valence-electron chi connectivity index (χ4n) is 3.05. The molecular formula is C17H16F3N5O2. The van der Waals surface area contributed by atoms with E-state index in [1.54, 1.807) is 17.6 Å². The molecule has 0 atom stereocenters. The molecule has 0 unspecified atom stereocenters. The number of rotatable bonds is 4. The molecule has 7 nitrogen and oxygen atoms in total. The van der Waals surface area contributed by atoms with Crippen molar-refractivity contribution in [3.8, 4) is 0 Å². The molecule has 4 rings (SSSR count). The minimum atomic E-state index is -4.50. The van der Waals surface area contributed by atoms with Gasteiger partial charge in [-0.15, -0.1) is 0 Å². The molecule has 0 radical (unpaired) electrons. The largest absolute Gasteiger partial charge is 0.417 e. The molecule has 3 aromatic heterocycles. The standard InChI is InChI=1S/C17H16F3N5O2/c1-9-5-11(24-27-9)7-14(26)23-16-22-13-6-10(17(18,19)20)8-21-15(13)25(16)12-3-2-4-12/h5-6,8,12H,2-4,7H2,1H3,(H,22,23,26).